The van der Waals surface area contributed by atoms with Crippen LogP contribution in [0.3, 0.4) is 0 Å². The van der Waals surface area contributed by atoms with Gasteiger partial charge in [0.2, 0.25) is 0 Å². The van der Waals surface area contributed by atoms with Crippen molar-refractivity contribution in [1.29, 1.82) is 0 Å². The van der Waals surface area contributed by atoms with Gasteiger partial charge >= 0.3 is 0 Å². The van der Waals surface area contributed by atoms with Crippen LogP contribution in [0.15, 0.2) is 18.2 Å². The highest BCUT2D eigenvalue weighted by molar-refractivity contribution is 5.35. The second-order valence-corrected chi connectivity index (χ2v) is 4.10. The maximum Gasteiger partial charge on any atom is 0.129 e. The Kier molecular flexibility index (Phi) is 2.07. The van der Waals surface area contributed by atoms with Crippen LogP contribution < -0.4 is 0 Å². The van der Waals surface area contributed by atoms with Crippen LogP contribution in [0.5, 0.6) is 0 Å². The highest BCUT2D eigenvalue weighted by atomic mass is 19.1. The molecular weight excluding hydrogens is 186 g/mol. The van der Waals surface area contributed by atoms with Crippen molar-refractivity contribution in [3.63, 3.8) is 0 Å². The summed E-state index contributed by atoms with van der Waals surface area (Å²) in [6, 6.07) is 3.88. The predicted octanol–water partition coefficient (Wildman–Crippen LogP) is 2.23. The Morgan fingerprint density at radius 1 is 1.43 bits per heavy atom. The first-order valence-electron chi connectivity index (χ1n) is 4.65. The number of aliphatic hydroxyl groups is 1. The Balaban J connectivity index is 2.43. The Morgan fingerprint density at radius 2 is 2.00 bits per heavy atom. The van der Waals surface area contributed by atoms with E-state index in [1.165, 1.54) is 18.2 Å². The van der Waals surface area contributed by atoms with E-state index in [0.717, 1.165) is 0 Å². The molecule has 0 aromatic heterocycles. The van der Waals surface area contributed by atoms with Crippen molar-refractivity contribution in [2.45, 2.75) is 18.8 Å². The molecule has 0 saturated heterocycles. The highest BCUT2D eigenvalue weighted by Gasteiger charge is 2.53. The maximum absolute atomic E-state index is 13.4. The topological polar surface area (TPSA) is 20.2 Å². The maximum atomic E-state index is 13.4. The molecule has 0 heterocycles. The Morgan fingerprint density at radius 3 is 2.43 bits per heavy atom. The van der Waals surface area contributed by atoms with E-state index in [4.69, 9.17) is 5.11 Å². The fourth-order valence-corrected chi connectivity index (χ4v) is 2.07. The van der Waals surface area contributed by atoms with E-state index in [1.807, 2.05) is 0 Å². The van der Waals surface area contributed by atoms with Gasteiger partial charge in [0.15, 0.2) is 0 Å². The SMILES string of the molecule is CC1(c2c(F)cccc2F)CC1CO. The summed E-state index contributed by atoms with van der Waals surface area (Å²) >= 11 is 0. The molecule has 0 bridgehead atoms. The molecule has 0 spiro atoms. The molecule has 2 rings (SSSR count). The van der Waals surface area contributed by atoms with Crippen molar-refractivity contribution in [3.8, 4) is 0 Å². The standard InChI is InChI=1S/C11H12F2O/c1-11(5-7(11)6-14)10-8(12)3-2-4-9(10)13/h2-4,7,14H,5-6H2,1H3. The van der Waals surface area contributed by atoms with Crippen molar-refractivity contribution in [3.05, 3.63) is 35.4 Å². The normalized spacial score (nSPS) is 30.4. The van der Waals surface area contributed by atoms with Crippen LogP contribution in [0.2, 0.25) is 0 Å². The van der Waals surface area contributed by atoms with E-state index in [9.17, 15) is 8.78 Å². The van der Waals surface area contributed by atoms with Gasteiger partial charge < -0.3 is 5.11 Å². The largest absolute Gasteiger partial charge is 0.396 e. The van der Waals surface area contributed by atoms with Gasteiger partial charge in [0.1, 0.15) is 11.6 Å². The first-order chi connectivity index (χ1) is 6.59. The van der Waals surface area contributed by atoms with E-state index in [-0.39, 0.29) is 18.1 Å². The molecule has 1 N–H and O–H groups in total. The Labute approximate surface area is 81.4 Å². The third-order valence-electron chi connectivity index (χ3n) is 3.17. The summed E-state index contributed by atoms with van der Waals surface area (Å²) in [7, 11) is 0. The molecule has 0 amide bonds. The summed E-state index contributed by atoms with van der Waals surface area (Å²) < 4.78 is 26.7. The fourth-order valence-electron chi connectivity index (χ4n) is 2.07. The van der Waals surface area contributed by atoms with Gasteiger partial charge in [0, 0.05) is 17.6 Å². The molecule has 2 unspecified atom stereocenters. The van der Waals surface area contributed by atoms with Crippen LogP contribution >= 0.6 is 0 Å². The number of halogens is 2. The molecule has 1 aromatic rings. The van der Waals surface area contributed by atoms with Gasteiger partial charge in [-0.3, -0.25) is 0 Å². The molecule has 1 aromatic carbocycles. The second-order valence-electron chi connectivity index (χ2n) is 4.10. The van der Waals surface area contributed by atoms with E-state index >= 15 is 0 Å². The van der Waals surface area contributed by atoms with Crippen LogP contribution in [0, 0.1) is 17.6 Å². The van der Waals surface area contributed by atoms with Gasteiger partial charge in [-0.1, -0.05) is 13.0 Å². The predicted molar refractivity (Wildman–Crippen MR) is 48.9 cm³/mol. The van der Waals surface area contributed by atoms with Gasteiger partial charge in [0.05, 0.1) is 0 Å². The number of hydrogen-bond acceptors (Lipinski definition) is 1. The van der Waals surface area contributed by atoms with Crippen LogP contribution in [-0.4, -0.2) is 11.7 Å². The van der Waals surface area contributed by atoms with E-state index in [1.54, 1.807) is 6.92 Å². The van der Waals surface area contributed by atoms with E-state index < -0.39 is 17.0 Å². The summed E-state index contributed by atoms with van der Waals surface area (Å²) in [5.74, 6) is -1.03. The van der Waals surface area contributed by atoms with Crippen molar-refractivity contribution in [2.75, 3.05) is 6.61 Å². The van der Waals surface area contributed by atoms with Crippen molar-refractivity contribution in [1.82, 2.24) is 0 Å². The van der Waals surface area contributed by atoms with Gasteiger partial charge in [-0.05, 0) is 24.5 Å². The molecular formula is C11H12F2O. The zero-order chi connectivity index (χ0) is 10.3. The van der Waals surface area contributed by atoms with Crippen molar-refractivity contribution in [2.24, 2.45) is 5.92 Å². The minimum absolute atomic E-state index is 0.00565. The second kappa shape index (κ2) is 3.02. The van der Waals surface area contributed by atoms with Crippen LogP contribution in [-0.2, 0) is 5.41 Å². The monoisotopic (exact) mass is 198 g/mol. The van der Waals surface area contributed by atoms with Gasteiger partial charge in [-0.25, -0.2) is 8.78 Å². The Hall–Kier alpha value is -0.960. The molecule has 76 valence electrons. The molecule has 1 fully saturated rings. The molecule has 0 radical (unpaired) electrons. The lowest BCUT2D eigenvalue weighted by molar-refractivity contribution is 0.264. The Bertz CT molecular complexity index is 344. The van der Waals surface area contributed by atoms with Gasteiger partial charge in [-0.2, -0.15) is 0 Å². The quantitative estimate of drug-likeness (QED) is 0.772. The van der Waals surface area contributed by atoms with Crippen LogP contribution in [0.4, 0.5) is 8.78 Å². The summed E-state index contributed by atoms with van der Waals surface area (Å²) in [4.78, 5) is 0. The summed E-state index contributed by atoms with van der Waals surface area (Å²) in [6.07, 6.45) is 0.654. The van der Waals surface area contributed by atoms with Crippen molar-refractivity contribution < 1.29 is 13.9 Å². The number of aliphatic hydroxyl groups excluding tert-OH is 1. The third kappa shape index (κ3) is 1.23. The zero-order valence-corrected chi connectivity index (χ0v) is 7.93. The third-order valence-corrected chi connectivity index (χ3v) is 3.17. The first kappa shape index (κ1) is 9.59. The lowest BCUT2D eigenvalue weighted by Crippen LogP contribution is -2.11. The summed E-state index contributed by atoms with van der Waals surface area (Å²) in [5, 5.41) is 8.94. The number of hydrogen-bond donors (Lipinski definition) is 1. The van der Waals surface area contributed by atoms with Gasteiger partial charge in [0.25, 0.3) is 0 Å². The van der Waals surface area contributed by atoms with E-state index in [0.29, 0.717) is 6.42 Å². The zero-order valence-electron chi connectivity index (χ0n) is 7.93. The average molecular weight is 198 g/mol. The number of rotatable bonds is 2. The minimum atomic E-state index is -0.511. The molecule has 1 nitrogen and oxygen atoms in total. The lowest BCUT2D eigenvalue weighted by Gasteiger charge is -2.12. The average Bonchev–Trinajstić information content (AvgIpc) is 2.77. The van der Waals surface area contributed by atoms with Gasteiger partial charge in [-0.15, -0.1) is 0 Å². The molecule has 1 aliphatic rings. The molecule has 1 saturated carbocycles. The lowest BCUT2D eigenvalue weighted by atomic mass is 9.94. The molecule has 0 aliphatic heterocycles. The van der Waals surface area contributed by atoms with Crippen molar-refractivity contribution >= 4 is 0 Å². The number of benzene rings is 1. The van der Waals surface area contributed by atoms with Crippen LogP contribution in [0.1, 0.15) is 18.9 Å². The molecule has 2 atom stereocenters. The molecule has 1 aliphatic carbocycles. The molecule has 3 heteroatoms. The first-order valence-corrected chi connectivity index (χ1v) is 4.65. The van der Waals surface area contributed by atoms with Crippen LogP contribution in [0.25, 0.3) is 0 Å². The van der Waals surface area contributed by atoms with E-state index in [2.05, 4.69) is 0 Å². The minimum Gasteiger partial charge on any atom is -0.396 e. The fraction of sp³-hybridized carbons (Fsp3) is 0.455. The smallest absolute Gasteiger partial charge is 0.129 e. The summed E-state index contributed by atoms with van der Waals surface area (Å²) in [5.41, 5.74) is -0.386. The summed E-state index contributed by atoms with van der Waals surface area (Å²) in [6.45, 7) is 1.78. The highest BCUT2D eigenvalue weighted by Crippen LogP contribution is 2.54. The molecule has 14 heavy (non-hydrogen) atoms.